The van der Waals surface area contributed by atoms with E-state index in [0.717, 1.165) is 25.9 Å². The van der Waals surface area contributed by atoms with Crippen LogP contribution in [0.15, 0.2) is 0 Å². The molecule has 2 aliphatic rings. The molecule has 6 nitrogen and oxygen atoms in total. The van der Waals surface area contributed by atoms with Crippen molar-refractivity contribution in [3.8, 4) is 0 Å². The SMILES string of the molecule is CC1SCC(C(=O)O)N1C(=O)COC1CCNCC1. The van der Waals surface area contributed by atoms with Gasteiger partial charge in [-0.2, -0.15) is 0 Å². The van der Waals surface area contributed by atoms with Crippen molar-refractivity contribution in [3.63, 3.8) is 0 Å². The lowest BCUT2D eigenvalue weighted by Gasteiger charge is -2.27. The fraction of sp³-hybridized carbons (Fsp3) is 0.833. The molecule has 2 rings (SSSR count). The molecule has 19 heavy (non-hydrogen) atoms. The molecule has 0 aromatic heterocycles. The highest BCUT2D eigenvalue weighted by Crippen LogP contribution is 2.28. The standard InChI is InChI=1S/C12H20N2O4S/c1-8-14(10(7-19-8)12(16)17)11(15)6-18-9-2-4-13-5-3-9/h8-10,13H,2-7H2,1H3,(H,16,17). The maximum atomic E-state index is 12.1. The molecule has 0 spiro atoms. The predicted molar refractivity (Wildman–Crippen MR) is 72.0 cm³/mol. The number of carbonyl (C=O) groups excluding carboxylic acids is 1. The Labute approximate surface area is 116 Å². The van der Waals surface area contributed by atoms with Crippen LogP contribution in [0.25, 0.3) is 0 Å². The Morgan fingerprint density at radius 2 is 2.11 bits per heavy atom. The Bertz CT molecular complexity index is 347. The molecule has 2 atom stereocenters. The first-order chi connectivity index (χ1) is 9.09. The van der Waals surface area contributed by atoms with Gasteiger partial charge in [0, 0.05) is 5.75 Å². The predicted octanol–water partition coefficient (Wildman–Crippen LogP) is 0.130. The van der Waals surface area contributed by atoms with Crippen molar-refractivity contribution in [1.29, 1.82) is 0 Å². The second-order valence-corrected chi connectivity index (χ2v) is 6.20. The Morgan fingerprint density at radius 3 is 2.74 bits per heavy atom. The third-order valence-corrected chi connectivity index (χ3v) is 4.74. The molecule has 0 bridgehead atoms. The fourth-order valence-corrected chi connectivity index (χ4v) is 3.63. The van der Waals surface area contributed by atoms with Crippen molar-refractivity contribution in [1.82, 2.24) is 10.2 Å². The molecule has 0 radical (unpaired) electrons. The molecule has 2 heterocycles. The van der Waals surface area contributed by atoms with Gasteiger partial charge in [0.2, 0.25) is 5.91 Å². The van der Waals surface area contributed by atoms with Crippen molar-refractivity contribution in [3.05, 3.63) is 0 Å². The number of rotatable bonds is 4. The molecule has 0 saturated carbocycles. The smallest absolute Gasteiger partial charge is 0.327 e. The topological polar surface area (TPSA) is 78.9 Å². The van der Waals surface area contributed by atoms with Crippen molar-refractivity contribution in [2.45, 2.75) is 37.3 Å². The van der Waals surface area contributed by atoms with Gasteiger partial charge in [-0.25, -0.2) is 4.79 Å². The summed E-state index contributed by atoms with van der Waals surface area (Å²) in [6.07, 6.45) is 1.92. The number of hydrogen-bond acceptors (Lipinski definition) is 5. The summed E-state index contributed by atoms with van der Waals surface area (Å²) in [5, 5.41) is 12.2. The highest BCUT2D eigenvalue weighted by molar-refractivity contribution is 8.00. The Hall–Kier alpha value is -0.790. The first-order valence-electron chi connectivity index (χ1n) is 6.57. The maximum absolute atomic E-state index is 12.1. The van der Waals surface area contributed by atoms with Crippen molar-refractivity contribution in [2.75, 3.05) is 25.4 Å². The highest BCUT2D eigenvalue weighted by Gasteiger charge is 2.39. The summed E-state index contributed by atoms with van der Waals surface area (Å²) >= 11 is 1.49. The van der Waals surface area contributed by atoms with Crippen LogP contribution in [0.2, 0.25) is 0 Å². The molecule has 2 aliphatic heterocycles. The number of nitrogens with one attached hydrogen (secondary N) is 1. The normalized spacial score (nSPS) is 28.6. The number of aliphatic carboxylic acids is 1. The van der Waals surface area contributed by atoms with E-state index in [4.69, 9.17) is 9.84 Å². The molecule has 2 unspecified atom stereocenters. The highest BCUT2D eigenvalue weighted by atomic mass is 32.2. The lowest BCUT2D eigenvalue weighted by atomic mass is 10.1. The van der Waals surface area contributed by atoms with Crippen molar-refractivity contribution in [2.24, 2.45) is 0 Å². The lowest BCUT2D eigenvalue weighted by Crippen LogP contribution is -2.47. The van der Waals surface area contributed by atoms with E-state index >= 15 is 0 Å². The van der Waals surface area contributed by atoms with Gasteiger partial charge in [-0.05, 0) is 32.9 Å². The van der Waals surface area contributed by atoms with E-state index in [0.29, 0.717) is 5.75 Å². The summed E-state index contributed by atoms with van der Waals surface area (Å²) in [5.41, 5.74) is 0. The van der Waals surface area contributed by atoms with Gasteiger partial charge >= 0.3 is 5.97 Å². The van der Waals surface area contributed by atoms with Crippen LogP contribution in [0.5, 0.6) is 0 Å². The zero-order valence-corrected chi connectivity index (χ0v) is 11.8. The number of nitrogens with zero attached hydrogens (tertiary/aromatic N) is 1. The fourth-order valence-electron chi connectivity index (χ4n) is 2.44. The largest absolute Gasteiger partial charge is 0.480 e. The van der Waals surface area contributed by atoms with Crippen molar-refractivity contribution >= 4 is 23.6 Å². The summed E-state index contributed by atoms with van der Waals surface area (Å²) < 4.78 is 5.60. The summed E-state index contributed by atoms with van der Waals surface area (Å²) in [6.45, 7) is 3.66. The zero-order chi connectivity index (χ0) is 13.8. The van der Waals surface area contributed by atoms with E-state index < -0.39 is 12.0 Å². The number of carboxylic acids is 1. The molecule has 2 fully saturated rings. The summed E-state index contributed by atoms with van der Waals surface area (Å²) in [5.74, 6) is -0.703. The number of piperidine rings is 1. The summed E-state index contributed by atoms with van der Waals surface area (Å²) in [4.78, 5) is 24.7. The van der Waals surface area contributed by atoms with E-state index in [1.807, 2.05) is 6.92 Å². The second kappa shape index (κ2) is 6.58. The first kappa shape index (κ1) is 14.6. The Balaban J connectivity index is 1.85. The molecule has 0 aliphatic carbocycles. The minimum absolute atomic E-state index is 0.0145. The number of hydrogen-bond donors (Lipinski definition) is 2. The minimum atomic E-state index is -0.938. The first-order valence-corrected chi connectivity index (χ1v) is 7.62. The second-order valence-electron chi connectivity index (χ2n) is 4.85. The van der Waals surface area contributed by atoms with Crippen LogP contribution in [-0.4, -0.2) is 64.9 Å². The van der Waals surface area contributed by atoms with E-state index in [9.17, 15) is 9.59 Å². The van der Waals surface area contributed by atoms with Crippen molar-refractivity contribution < 1.29 is 19.4 Å². The number of thioether (sulfide) groups is 1. The third kappa shape index (κ3) is 3.61. The van der Waals surface area contributed by atoms with Crippen LogP contribution in [0, 0.1) is 0 Å². The van der Waals surface area contributed by atoms with Crippen LogP contribution in [0.3, 0.4) is 0 Å². The van der Waals surface area contributed by atoms with Gasteiger partial charge in [-0.15, -0.1) is 11.8 Å². The van der Waals surface area contributed by atoms with Gasteiger partial charge in [0.1, 0.15) is 12.6 Å². The number of carbonyl (C=O) groups is 2. The molecule has 1 amide bonds. The molecule has 2 N–H and O–H groups in total. The summed E-state index contributed by atoms with van der Waals surface area (Å²) in [7, 11) is 0. The number of amides is 1. The monoisotopic (exact) mass is 288 g/mol. The van der Waals surface area contributed by atoms with Gasteiger partial charge < -0.3 is 20.1 Å². The van der Waals surface area contributed by atoms with Crippen LogP contribution in [-0.2, 0) is 14.3 Å². The average Bonchev–Trinajstić information content (AvgIpc) is 2.79. The summed E-state index contributed by atoms with van der Waals surface area (Å²) in [6, 6.07) is -0.718. The van der Waals surface area contributed by atoms with Crippen LogP contribution in [0.4, 0.5) is 0 Å². The van der Waals surface area contributed by atoms with Gasteiger partial charge in [0.05, 0.1) is 11.5 Å². The van der Waals surface area contributed by atoms with Crippen LogP contribution < -0.4 is 5.32 Å². The number of ether oxygens (including phenoxy) is 1. The average molecular weight is 288 g/mol. The number of carboxylic acid groups (broad SMARTS) is 1. The van der Waals surface area contributed by atoms with Crippen LogP contribution >= 0.6 is 11.8 Å². The van der Waals surface area contributed by atoms with E-state index in [1.165, 1.54) is 16.7 Å². The maximum Gasteiger partial charge on any atom is 0.327 e. The molecular formula is C12H20N2O4S. The molecule has 7 heteroatoms. The molecule has 108 valence electrons. The quantitative estimate of drug-likeness (QED) is 0.765. The van der Waals surface area contributed by atoms with E-state index in [2.05, 4.69) is 5.32 Å². The van der Waals surface area contributed by atoms with E-state index in [1.54, 1.807) is 0 Å². The van der Waals surface area contributed by atoms with E-state index in [-0.39, 0.29) is 24.0 Å². The van der Waals surface area contributed by atoms with Gasteiger partial charge in [0.15, 0.2) is 0 Å². The molecule has 0 aromatic rings. The molecule has 2 saturated heterocycles. The Morgan fingerprint density at radius 1 is 1.42 bits per heavy atom. The Kier molecular flexibility index (Phi) is 5.06. The van der Waals surface area contributed by atoms with Crippen LogP contribution in [0.1, 0.15) is 19.8 Å². The zero-order valence-electron chi connectivity index (χ0n) is 11.0. The van der Waals surface area contributed by atoms with Gasteiger partial charge in [-0.1, -0.05) is 0 Å². The molecular weight excluding hydrogens is 268 g/mol. The molecule has 0 aromatic carbocycles. The lowest BCUT2D eigenvalue weighted by molar-refractivity contribution is -0.152. The third-order valence-electron chi connectivity index (χ3n) is 3.52. The minimum Gasteiger partial charge on any atom is -0.480 e. The van der Waals surface area contributed by atoms with Gasteiger partial charge in [-0.3, -0.25) is 4.79 Å². The van der Waals surface area contributed by atoms with Gasteiger partial charge in [0.25, 0.3) is 0 Å².